The van der Waals surface area contributed by atoms with Crippen LogP contribution in [0.4, 0.5) is 0 Å². The van der Waals surface area contributed by atoms with Crippen LogP contribution in [0.2, 0.25) is 0 Å². The van der Waals surface area contributed by atoms with E-state index in [0.29, 0.717) is 11.5 Å². The fourth-order valence-electron chi connectivity index (χ4n) is 2.34. The van der Waals surface area contributed by atoms with Crippen molar-refractivity contribution in [2.45, 2.75) is 13.0 Å². The summed E-state index contributed by atoms with van der Waals surface area (Å²) in [5.74, 6) is 1.16. The van der Waals surface area contributed by atoms with Gasteiger partial charge in [-0.1, -0.05) is 12.1 Å². The van der Waals surface area contributed by atoms with Gasteiger partial charge in [-0.2, -0.15) is 0 Å². The van der Waals surface area contributed by atoms with Crippen LogP contribution < -0.4 is 10.1 Å². The average molecular weight is 343 g/mol. The smallest absolute Gasteiger partial charge is 0.271 e. The van der Waals surface area contributed by atoms with Crippen molar-refractivity contribution in [1.82, 2.24) is 25.1 Å². The number of thiazole rings is 1. The van der Waals surface area contributed by atoms with Crippen molar-refractivity contribution in [3.05, 3.63) is 47.5 Å². The molecule has 124 valence electrons. The third kappa shape index (κ3) is 3.13. The summed E-state index contributed by atoms with van der Waals surface area (Å²) in [5.41, 5.74) is 1.24. The van der Waals surface area contributed by atoms with E-state index in [1.54, 1.807) is 23.4 Å². The lowest BCUT2D eigenvalue weighted by Gasteiger charge is -2.11. The minimum Gasteiger partial charge on any atom is -0.496 e. The zero-order chi connectivity index (χ0) is 17.1. The number of para-hydroxylation sites is 1. The van der Waals surface area contributed by atoms with E-state index >= 15 is 0 Å². The Morgan fingerprint density at radius 1 is 1.38 bits per heavy atom. The highest BCUT2D eigenvalue weighted by molar-refractivity contribution is 7.13. The summed E-state index contributed by atoms with van der Waals surface area (Å²) in [6.45, 7) is 1.86. The zero-order valence-corrected chi connectivity index (χ0v) is 14.4. The van der Waals surface area contributed by atoms with Gasteiger partial charge in [0.05, 0.1) is 18.7 Å². The number of nitrogens with one attached hydrogen (secondary N) is 1. The van der Waals surface area contributed by atoms with E-state index < -0.39 is 0 Å². The topological polar surface area (TPSA) is 81.9 Å². The van der Waals surface area contributed by atoms with Gasteiger partial charge in [0.15, 0.2) is 5.82 Å². The summed E-state index contributed by atoms with van der Waals surface area (Å²) in [4.78, 5) is 16.8. The number of ether oxygens (including phenoxy) is 1. The highest BCUT2D eigenvalue weighted by Gasteiger charge is 2.18. The number of amides is 1. The van der Waals surface area contributed by atoms with Crippen molar-refractivity contribution in [3.8, 4) is 16.3 Å². The van der Waals surface area contributed by atoms with Gasteiger partial charge in [-0.3, -0.25) is 4.79 Å². The zero-order valence-electron chi connectivity index (χ0n) is 13.6. The quantitative estimate of drug-likeness (QED) is 0.769. The van der Waals surface area contributed by atoms with Crippen LogP contribution >= 0.6 is 11.3 Å². The van der Waals surface area contributed by atoms with Gasteiger partial charge in [-0.15, -0.1) is 21.5 Å². The van der Waals surface area contributed by atoms with Gasteiger partial charge in [-0.25, -0.2) is 4.98 Å². The first kappa shape index (κ1) is 16.1. The van der Waals surface area contributed by atoms with E-state index in [1.807, 2.05) is 38.2 Å². The van der Waals surface area contributed by atoms with Crippen molar-refractivity contribution in [2.24, 2.45) is 7.05 Å². The molecule has 2 aromatic heterocycles. The number of methoxy groups -OCH3 is 1. The molecule has 3 aromatic rings. The van der Waals surface area contributed by atoms with E-state index in [1.165, 1.54) is 11.3 Å². The summed E-state index contributed by atoms with van der Waals surface area (Å²) in [6.07, 6.45) is 1.60. The van der Waals surface area contributed by atoms with Gasteiger partial charge in [0, 0.05) is 12.4 Å². The molecule has 0 spiro atoms. The lowest BCUT2D eigenvalue weighted by atomic mass is 10.2. The molecule has 0 saturated carbocycles. The maximum atomic E-state index is 12.4. The van der Waals surface area contributed by atoms with Crippen molar-refractivity contribution in [1.29, 1.82) is 0 Å². The van der Waals surface area contributed by atoms with Gasteiger partial charge >= 0.3 is 0 Å². The average Bonchev–Trinajstić information content (AvgIpc) is 3.23. The van der Waals surface area contributed by atoms with Gasteiger partial charge in [0.2, 0.25) is 0 Å². The van der Waals surface area contributed by atoms with Crippen molar-refractivity contribution in [2.75, 3.05) is 7.11 Å². The Morgan fingerprint density at radius 2 is 2.17 bits per heavy atom. The molecule has 0 aliphatic rings. The van der Waals surface area contributed by atoms with Gasteiger partial charge in [0.25, 0.3) is 5.91 Å². The van der Waals surface area contributed by atoms with Gasteiger partial charge in [-0.05, 0) is 19.1 Å². The number of hydrogen-bond donors (Lipinski definition) is 1. The molecule has 3 rings (SSSR count). The van der Waals surface area contributed by atoms with E-state index in [-0.39, 0.29) is 11.9 Å². The number of carbonyl (C=O) groups is 1. The van der Waals surface area contributed by atoms with Crippen LogP contribution in [0.1, 0.15) is 29.3 Å². The number of benzene rings is 1. The highest BCUT2D eigenvalue weighted by atomic mass is 32.1. The molecule has 8 heteroatoms. The Balaban J connectivity index is 1.78. The number of carbonyl (C=O) groups excluding carboxylic acids is 1. The van der Waals surface area contributed by atoms with Crippen molar-refractivity contribution < 1.29 is 9.53 Å². The predicted molar refractivity (Wildman–Crippen MR) is 91.0 cm³/mol. The molecule has 0 fully saturated rings. The lowest BCUT2D eigenvalue weighted by molar-refractivity contribution is 0.0933. The molecule has 1 N–H and O–H groups in total. The molecule has 0 radical (unpaired) electrons. The first-order valence-electron chi connectivity index (χ1n) is 7.34. The van der Waals surface area contributed by atoms with Crippen molar-refractivity contribution in [3.63, 3.8) is 0 Å². The number of nitrogens with zero attached hydrogens (tertiary/aromatic N) is 4. The van der Waals surface area contributed by atoms with Crippen LogP contribution in [0.25, 0.3) is 10.6 Å². The Bertz CT molecular complexity index is 858. The molecular formula is C16H17N5O2S. The third-order valence-corrected chi connectivity index (χ3v) is 4.43. The number of hydrogen-bond acceptors (Lipinski definition) is 6. The summed E-state index contributed by atoms with van der Waals surface area (Å²) in [5, 5.41) is 13.2. The second-order valence-corrected chi connectivity index (χ2v) is 6.09. The lowest BCUT2D eigenvalue weighted by Crippen LogP contribution is -2.28. The molecule has 0 aliphatic carbocycles. The molecule has 1 atom stereocenters. The molecule has 0 unspecified atom stereocenters. The Morgan fingerprint density at radius 3 is 2.88 bits per heavy atom. The van der Waals surface area contributed by atoms with Gasteiger partial charge < -0.3 is 14.6 Å². The second kappa shape index (κ2) is 6.79. The van der Waals surface area contributed by atoms with Crippen LogP contribution in [0, 0.1) is 0 Å². The summed E-state index contributed by atoms with van der Waals surface area (Å²) in [7, 11) is 3.45. The molecule has 1 aromatic carbocycles. The fraction of sp³-hybridized carbons (Fsp3) is 0.250. The van der Waals surface area contributed by atoms with Crippen LogP contribution in [0.3, 0.4) is 0 Å². The monoisotopic (exact) mass is 343 g/mol. The van der Waals surface area contributed by atoms with Crippen LogP contribution in [0.15, 0.2) is 36.0 Å². The van der Waals surface area contributed by atoms with E-state index in [0.717, 1.165) is 16.3 Å². The maximum absolute atomic E-state index is 12.4. The predicted octanol–water partition coefficient (Wildman–Crippen LogP) is 2.44. The number of aryl methyl sites for hydroxylation is 1. The minimum absolute atomic E-state index is 0.247. The second-order valence-electron chi connectivity index (χ2n) is 5.23. The first-order chi connectivity index (χ1) is 11.6. The molecule has 24 heavy (non-hydrogen) atoms. The van der Waals surface area contributed by atoms with Crippen LogP contribution in [-0.2, 0) is 7.05 Å². The molecule has 0 saturated heterocycles. The molecular weight excluding hydrogens is 326 g/mol. The first-order valence-corrected chi connectivity index (χ1v) is 8.21. The molecule has 0 bridgehead atoms. The summed E-state index contributed by atoms with van der Waals surface area (Å²) >= 11 is 1.40. The molecule has 1 amide bonds. The van der Waals surface area contributed by atoms with E-state index in [9.17, 15) is 4.79 Å². The molecule has 7 nitrogen and oxygen atoms in total. The standard InChI is InChI=1S/C16H17N5O2S/c1-10(14-20-17-9-21(14)2)18-15(22)12-8-24-16(19-12)11-6-4-5-7-13(11)23-3/h4-10H,1-3H3,(H,18,22)/t10-/m1/s1. The van der Waals surface area contributed by atoms with Crippen molar-refractivity contribution >= 4 is 17.2 Å². The van der Waals surface area contributed by atoms with E-state index in [2.05, 4.69) is 20.5 Å². The normalized spacial score (nSPS) is 12.0. The Labute approximate surface area is 143 Å². The van der Waals surface area contributed by atoms with E-state index in [4.69, 9.17) is 4.74 Å². The third-order valence-electron chi connectivity index (χ3n) is 3.56. The minimum atomic E-state index is -0.263. The summed E-state index contributed by atoms with van der Waals surface area (Å²) in [6, 6.07) is 7.33. The molecule has 2 heterocycles. The fourth-order valence-corrected chi connectivity index (χ4v) is 3.17. The number of aromatic nitrogens is 4. The maximum Gasteiger partial charge on any atom is 0.271 e. The molecule has 0 aliphatic heterocycles. The largest absolute Gasteiger partial charge is 0.496 e. The van der Waals surface area contributed by atoms with Crippen LogP contribution in [-0.4, -0.2) is 32.8 Å². The van der Waals surface area contributed by atoms with Crippen LogP contribution in [0.5, 0.6) is 5.75 Å². The Hall–Kier alpha value is -2.74. The van der Waals surface area contributed by atoms with Gasteiger partial charge in [0.1, 0.15) is 22.8 Å². The number of rotatable bonds is 5. The Kier molecular flexibility index (Phi) is 4.57. The SMILES string of the molecule is COc1ccccc1-c1nc(C(=O)N[C@H](C)c2nncn2C)cs1. The summed E-state index contributed by atoms with van der Waals surface area (Å²) < 4.78 is 7.11. The highest BCUT2D eigenvalue weighted by Crippen LogP contribution is 2.31.